The van der Waals surface area contributed by atoms with E-state index in [0.29, 0.717) is 12.0 Å². The number of benzene rings is 1. The molecule has 0 bridgehead atoms. The van der Waals surface area contributed by atoms with Gasteiger partial charge in [0.15, 0.2) is 5.96 Å². The Morgan fingerprint density at radius 1 is 1.19 bits per heavy atom. The predicted octanol–water partition coefficient (Wildman–Crippen LogP) is 2.93. The number of nitrogens with one attached hydrogen (secondary N) is 1. The van der Waals surface area contributed by atoms with Crippen LogP contribution >= 0.6 is 0 Å². The Morgan fingerprint density at radius 2 is 2.00 bits per heavy atom. The first-order valence-electron chi connectivity index (χ1n) is 10.1. The molecular formula is C21H34N4O. The summed E-state index contributed by atoms with van der Waals surface area (Å²) in [5.74, 6) is 2.55. The van der Waals surface area contributed by atoms with Gasteiger partial charge in [0, 0.05) is 38.6 Å². The third-order valence-corrected chi connectivity index (χ3v) is 5.94. The lowest BCUT2D eigenvalue weighted by atomic mass is 9.98. The summed E-state index contributed by atoms with van der Waals surface area (Å²) >= 11 is 0. The van der Waals surface area contributed by atoms with Crippen molar-refractivity contribution in [3.63, 3.8) is 0 Å². The molecule has 0 radical (unpaired) electrons. The summed E-state index contributed by atoms with van der Waals surface area (Å²) in [4.78, 5) is 9.57. The number of nitrogens with zero attached hydrogens (tertiary/aromatic N) is 3. The zero-order chi connectivity index (χ0) is 18.4. The lowest BCUT2D eigenvalue weighted by Gasteiger charge is -2.35. The second-order valence-electron chi connectivity index (χ2n) is 7.41. The van der Waals surface area contributed by atoms with Crippen molar-refractivity contribution in [3.05, 3.63) is 29.8 Å². The molecule has 2 aliphatic heterocycles. The molecule has 1 N–H and O–H groups in total. The van der Waals surface area contributed by atoms with Crippen molar-refractivity contribution >= 4 is 5.96 Å². The van der Waals surface area contributed by atoms with E-state index in [1.54, 1.807) is 7.11 Å². The van der Waals surface area contributed by atoms with Crippen LogP contribution in [0.3, 0.4) is 0 Å². The van der Waals surface area contributed by atoms with Crippen molar-refractivity contribution in [2.45, 2.75) is 44.6 Å². The Bertz CT molecular complexity index is 586. The zero-order valence-corrected chi connectivity index (χ0v) is 16.6. The molecule has 2 heterocycles. The third-order valence-electron chi connectivity index (χ3n) is 5.94. The van der Waals surface area contributed by atoms with Crippen LogP contribution in [0, 0.1) is 0 Å². The Hall–Kier alpha value is -1.75. The second-order valence-corrected chi connectivity index (χ2v) is 7.41. The van der Waals surface area contributed by atoms with Gasteiger partial charge in [-0.15, -0.1) is 0 Å². The van der Waals surface area contributed by atoms with Gasteiger partial charge >= 0.3 is 0 Å². The topological polar surface area (TPSA) is 40.1 Å². The van der Waals surface area contributed by atoms with Crippen molar-refractivity contribution in [2.75, 3.05) is 46.9 Å². The van der Waals surface area contributed by atoms with E-state index in [4.69, 9.17) is 4.74 Å². The maximum atomic E-state index is 5.27. The summed E-state index contributed by atoms with van der Waals surface area (Å²) in [7, 11) is 3.62. The Labute approximate surface area is 158 Å². The summed E-state index contributed by atoms with van der Waals surface area (Å²) in [5, 5.41) is 3.65. The number of hydrogen-bond acceptors (Lipinski definition) is 3. The molecule has 0 saturated carbocycles. The standard InChI is InChI=1S/C21H34N4O/c1-4-24-13-6-5-7-19(24)15-23-21(22-2)25-14-12-18(16-25)17-8-10-20(26-3)11-9-17/h8-11,18-19H,4-7,12-16H2,1-3H3,(H,22,23). The van der Waals surface area contributed by atoms with Crippen molar-refractivity contribution < 1.29 is 4.74 Å². The summed E-state index contributed by atoms with van der Waals surface area (Å²) in [6, 6.07) is 9.17. The minimum atomic E-state index is 0.571. The maximum absolute atomic E-state index is 5.27. The predicted molar refractivity (Wildman–Crippen MR) is 108 cm³/mol. The van der Waals surface area contributed by atoms with Crippen LogP contribution in [0.2, 0.25) is 0 Å². The van der Waals surface area contributed by atoms with Crippen molar-refractivity contribution in [3.8, 4) is 5.75 Å². The first kappa shape index (κ1) is 19.0. The number of aliphatic imine (C=N–C) groups is 1. The smallest absolute Gasteiger partial charge is 0.193 e. The van der Waals surface area contributed by atoms with E-state index in [0.717, 1.165) is 37.9 Å². The molecule has 26 heavy (non-hydrogen) atoms. The van der Waals surface area contributed by atoms with Crippen LogP contribution in [0.5, 0.6) is 5.75 Å². The highest BCUT2D eigenvalue weighted by molar-refractivity contribution is 5.80. The van der Waals surface area contributed by atoms with Gasteiger partial charge in [-0.1, -0.05) is 25.5 Å². The number of guanidine groups is 1. The molecular weight excluding hydrogens is 324 g/mol. The minimum Gasteiger partial charge on any atom is -0.497 e. The van der Waals surface area contributed by atoms with E-state index in [1.807, 2.05) is 7.05 Å². The molecule has 0 amide bonds. The molecule has 5 heteroatoms. The fourth-order valence-electron chi connectivity index (χ4n) is 4.35. The first-order valence-corrected chi connectivity index (χ1v) is 10.1. The average molecular weight is 359 g/mol. The normalized spacial score (nSPS) is 24.7. The first-order chi connectivity index (χ1) is 12.7. The zero-order valence-electron chi connectivity index (χ0n) is 16.6. The van der Waals surface area contributed by atoms with Crippen molar-refractivity contribution in [1.29, 1.82) is 0 Å². The summed E-state index contributed by atoms with van der Waals surface area (Å²) in [6.07, 6.45) is 5.17. The SMILES string of the molecule is CCN1CCCCC1CNC(=NC)N1CCC(c2ccc(OC)cc2)C1. The number of rotatable bonds is 5. The number of likely N-dealkylation sites (tertiary alicyclic amines) is 2. The minimum absolute atomic E-state index is 0.571. The monoisotopic (exact) mass is 358 g/mol. The fourth-order valence-corrected chi connectivity index (χ4v) is 4.35. The molecule has 3 rings (SSSR count). The van der Waals surface area contributed by atoms with Crippen LogP contribution in [-0.2, 0) is 0 Å². The number of ether oxygens (including phenoxy) is 1. The lowest BCUT2D eigenvalue weighted by molar-refractivity contribution is 0.157. The van der Waals surface area contributed by atoms with Gasteiger partial charge in [0.05, 0.1) is 7.11 Å². The van der Waals surface area contributed by atoms with Gasteiger partial charge in [0.25, 0.3) is 0 Å². The van der Waals surface area contributed by atoms with Gasteiger partial charge in [0.1, 0.15) is 5.75 Å². The van der Waals surface area contributed by atoms with Crippen LogP contribution < -0.4 is 10.1 Å². The molecule has 2 fully saturated rings. The maximum Gasteiger partial charge on any atom is 0.193 e. The van der Waals surface area contributed by atoms with Gasteiger partial charge in [-0.25, -0.2) is 0 Å². The molecule has 1 aromatic carbocycles. The number of piperidine rings is 1. The molecule has 2 atom stereocenters. The van der Waals surface area contributed by atoms with Crippen LogP contribution in [0.25, 0.3) is 0 Å². The van der Waals surface area contributed by atoms with E-state index < -0.39 is 0 Å². The Balaban J connectivity index is 1.54. The van der Waals surface area contributed by atoms with E-state index in [-0.39, 0.29) is 0 Å². The van der Waals surface area contributed by atoms with Crippen LogP contribution in [0.15, 0.2) is 29.3 Å². The molecule has 5 nitrogen and oxygen atoms in total. The van der Waals surface area contributed by atoms with Crippen LogP contribution in [0.1, 0.15) is 44.1 Å². The average Bonchev–Trinajstić information content (AvgIpc) is 3.19. The Kier molecular flexibility index (Phi) is 6.78. The quantitative estimate of drug-likeness (QED) is 0.649. The Morgan fingerprint density at radius 3 is 2.69 bits per heavy atom. The fraction of sp³-hybridized carbons (Fsp3) is 0.667. The molecule has 2 unspecified atom stereocenters. The van der Waals surface area contributed by atoms with Gasteiger partial charge in [-0.05, 0) is 50.0 Å². The number of methoxy groups -OCH3 is 1. The van der Waals surface area contributed by atoms with Gasteiger partial charge in [0.2, 0.25) is 0 Å². The molecule has 144 valence electrons. The summed E-state index contributed by atoms with van der Waals surface area (Å²) < 4.78 is 5.27. The van der Waals surface area contributed by atoms with Gasteiger partial charge in [-0.3, -0.25) is 9.89 Å². The van der Waals surface area contributed by atoms with E-state index in [1.165, 1.54) is 37.8 Å². The lowest BCUT2D eigenvalue weighted by Crippen LogP contribution is -2.49. The highest BCUT2D eigenvalue weighted by Gasteiger charge is 2.27. The number of likely N-dealkylation sites (N-methyl/N-ethyl adjacent to an activating group) is 1. The number of hydrogen-bond donors (Lipinski definition) is 1. The van der Waals surface area contributed by atoms with Crippen LogP contribution in [-0.4, -0.2) is 68.7 Å². The molecule has 2 saturated heterocycles. The van der Waals surface area contributed by atoms with Gasteiger partial charge < -0.3 is 15.0 Å². The molecule has 0 aliphatic carbocycles. The van der Waals surface area contributed by atoms with E-state index >= 15 is 0 Å². The van der Waals surface area contributed by atoms with Crippen molar-refractivity contribution in [2.24, 2.45) is 4.99 Å². The molecule has 0 aromatic heterocycles. The van der Waals surface area contributed by atoms with E-state index in [9.17, 15) is 0 Å². The van der Waals surface area contributed by atoms with E-state index in [2.05, 4.69) is 51.3 Å². The highest BCUT2D eigenvalue weighted by atomic mass is 16.5. The summed E-state index contributed by atoms with van der Waals surface area (Å²) in [6.45, 7) is 7.77. The van der Waals surface area contributed by atoms with Crippen molar-refractivity contribution in [1.82, 2.24) is 15.1 Å². The largest absolute Gasteiger partial charge is 0.497 e. The highest BCUT2D eigenvalue weighted by Crippen LogP contribution is 2.28. The summed E-state index contributed by atoms with van der Waals surface area (Å²) in [5.41, 5.74) is 1.40. The van der Waals surface area contributed by atoms with Gasteiger partial charge in [-0.2, -0.15) is 0 Å². The molecule has 2 aliphatic rings. The third kappa shape index (κ3) is 4.50. The molecule has 1 aromatic rings. The van der Waals surface area contributed by atoms with Crippen LogP contribution in [0.4, 0.5) is 0 Å². The second kappa shape index (κ2) is 9.26. The molecule has 0 spiro atoms.